The zero-order chi connectivity index (χ0) is 8.27. The third-order valence-corrected chi connectivity index (χ3v) is 1.62. The fraction of sp³-hybridized carbons (Fsp3) is 0. The Morgan fingerprint density at radius 3 is 3.00 bits per heavy atom. The number of nitrogens with zero attached hydrogens (tertiary/aromatic N) is 2. The van der Waals surface area contributed by atoms with Crippen molar-refractivity contribution >= 4 is 11.1 Å². The molecule has 1 unspecified atom stereocenters. The van der Waals surface area contributed by atoms with Gasteiger partial charge in [0.2, 0.25) is 11.1 Å². The van der Waals surface area contributed by atoms with Crippen LogP contribution in [0, 0.1) is 11.3 Å². The summed E-state index contributed by atoms with van der Waals surface area (Å²) in [5.74, 6) is 0. The van der Waals surface area contributed by atoms with E-state index in [0.29, 0.717) is 5.56 Å². The molecule has 0 saturated carbocycles. The molecule has 4 nitrogen and oxygen atoms in total. The molecule has 0 aromatic carbocycles. The van der Waals surface area contributed by atoms with Crippen LogP contribution in [0.1, 0.15) is 5.56 Å². The lowest BCUT2D eigenvalue weighted by atomic mass is 10.3. The minimum absolute atomic E-state index is 0.00375. The Morgan fingerprint density at radius 2 is 2.45 bits per heavy atom. The molecule has 1 rings (SSSR count). The van der Waals surface area contributed by atoms with Crippen LogP contribution in [0.25, 0.3) is 0 Å². The van der Waals surface area contributed by atoms with Crippen molar-refractivity contribution in [2.45, 2.75) is 5.03 Å². The molecular weight excluding hydrogens is 164 g/mol. The van der Waals surface area contributed by atoms with Gasteiger partial charge in [-0.2, -0.15) is 5.26 Å². The molecule has 0 amide bonds. The molecule has 1 N–H and O–H groups in total. The fourth-order valence-corrected chi connectivity index (χ4v) is 0.953. The molecule has 0 fully saturated rings. The Hall–Kier alpha value is -1.25. The zero-order valence-electron chi connectivity index (χ0n) is 5.39. The van der Waals surface area contributed by atoms with Gasteiger partial charge in [-0.25, -0.2) is 9.19 Å². The summed E-state index contributed by atoms with van der Waals surface area (Å²) in [5, 5.41) is 8.39. The predicted octanol–water partition coefficient (Wildman–Crippen LogP) is 0.534. The van der Waals surface area contributed by atoms with Gasteiger partial charge in [0.05, 0.1) is 11.6 Å². The smallest absolute Gasteiger partial charge is 0.205 e. The van der Waals surface area contributed by atoms with E-state index in [1.165, 1.54) is 18.3 Å². The monoisotopic (exact) mass is 168 g/mol. The van der Waals surface area contributed by atoms with Gasteiger partial charge in [-0.3, -0.25) is 0 Å². The normalized spacial score (nSPS) is 12.0. The van der Waals surface area contributed by atoms with E-state index in [4.69, 9.17) is 9.81 Å². The lowest BCUT2D eigenvalue weighted by Crippen LogP contribution is -1.92. The highest BCUT2D eigenvalue weighted by Crippen LogP contribution is 2.02. The summed E-state index contributed by atoms with van der Waals surface area (Å²) in [7, 11) is 0. The van der Waals surface area contributed by atoms with Gasteiger partial charge in [0.1, 0.15) is 0 Å². The van der Waals surface area contributed by atoms with Crippen LogP contribution >= 0.6 is 0 Å². The molecule has 0 bridgehead atoms. The summed E-state index contributed by atoms with van der Waals surface area (Å²) in [6.07, 6.45) is 1.32. The fourth-order valence-electron chi connectivity index (χ4n) is 0.574. The van der Waals surface area contributed by atoms with Crippen molar-refractivity contribution in [3.8, 4) is 6.07 Å². The van der Waals surface area contributed by atoms with Gasteiger partial charge in [-0.05, 0) is 12.1 Å². The number of pyridine rings is 1. The number of nitriles is 1. The van der Waals surface area contributed by atoms with Crippen LogP contribution in [0.4, 0.5) is 0 Å². The van der Waals surface area contributed by atoms with Gasteiger partial charge >= 0.3 is 0 Å². The van der Waals surface area contributed by atoms with E-state index in [9.17, 15) is 4.21 Å². The lowest BCUT2D eigenvalue weighted by Gasteiger charge is -1.91. The van der Waals surface area contributed by atoms with Crippen molar-refractivity contribution in [3.05, 3.63) is 23.9 Å². The van der Waals surface area contributed by atoms with Gasteiger partial charge < -0.3 is 4.55 Å². The highest BCUT2D eigenvalue weighted by molar-refractivity contribution is 7.79. The first-order valence-corrected chi connectivity index (χ1v) is 3.81. The Bertz CT molecular complexity index is 332. The molecule has 1 atom stereocenters. The molecule has 0 aliphatic heterocycles. The minimum atomic E-state index is -2.10. The maximum absolute atomic E-state index is 10.4. The van der Waals surface area contributed by atoms with Crippen LogP contribution in [-0.2, 0) is 11.1 Å². The molecule has 0 saturated heterocycles. The maximum Gasteiger partial charge on any atom is 0.205 e. The van der Waals surface area contributed by atoms with Gasteiger partial charge in [0, 0.05) is 6.20 Å². The van der Waals surface area contributed by atoms with E-state index in [2.05, 4.69) is 4.98 Å². The van der Waals surface area contributed by atoms with Gasteiger partial charge in [-0.1, -0.05) is 0 Å². The van der Waals surface area contributed by atoms with Crippen LogP contribution < -0.4 is 0 Å². The van der Waals surface area contributed by atoms with E-state index >= 15 is 0 Å². The first-order valence-electron chi connectivity index (χ1n) is 2.71. The predicted molar refractivity (Wildman–Crippen MR) is 38.0 cm³/mol. The van der Waals surface area contributed by atoms with E-state index < -0.39 is 11.1 Å². The maximum atomic E-state index is 10.4. The summed E-state index contributed by atoms with van der Waals surface area (Å²) in [6, 6.07) is 4.58. The highest BCUT2D eigenvalue weighted by Gasteiger charge is 2.00. The van der Waals surface area contributed by atoms with E-state index in [1.54, 1.807) is 0 Å². The molecule has 0 spiro atoms. The second kappa shape index (κ2) is 3.23. The topological polar surface area (TPSA) is 74.0 Å². The van der Waals surface area contributed by atoms with E-state index in [1.807, 2.05) is 6.07 Å². The van der Waals surface area contributed by atoms with Crippen molar-refractivity contribution in [1.29, 1.82) is 5.26 Å². The third-order valence-electron chi connectivity index (χ3n) is 1.04. The first kappa shape index (κ1) is 7.85. The molecule has 0 aliphatic rings. The molecule has 1 aromatic heterocycles. The van der Waals surface area contributed by atoms with Crippen LogP contribution in [0.3, 0.4) is 0 Å². The van der Waals surface area contributed by atoms with Crippen molar-refractivity contribution in [2.75, 3.05) is 0 Å². The average Bonchev–Trinajstić information content (AvgIpc) is 2.05. The summed E-state index contributed by atoms with van der Waals surface area (Å²) < 4.78 is 19.0. The molecule has 0 aliphatic carbocycles. The van der Waals surface area contributed by atoms with Gasteiger partial charge in [0.25, 0.3) is 0 Å². The average molecular weight is 168 g/mol. The second-order valence-corrected chi connectivity index (χ2v) is 2.66. The van der Waals surface area contributed by atoms with Crippen LogP contribution in [0.5, 0.6) is 0 Å². The van der Waals surface area contributed by atoms with Crippen LogP contribution in [0.15, 0.2) is 23.4 Å². The number of aromatic nitrogens is 1. The lowest BCUT2D eigenvalue weighted by molar-refractivity contribution is 0.560. The largest absolute Gasteiger partial charge is 0.301 e. The summed E-state index contributed by atoms with van der Waals surface area (Å²) in [5.41, 5.74) is 0.331. The van der Waals surface area contributed by atoms with Gasteiger partial charge in [0.15, 0.2) is 5.03 Å². The molecular formula is C6H4N2O2S. The SMILES string of the molecule is N#Cc1ccnc(S(=O)O)c1. The molecule has 1 heterocycles. The Morgan fingerprint density at radius 1 is 1.73 bits per heavy atom. The highest BCUT2D eigenvalue weighted by atomic mass is 32.2. The first-order chi connectivity index (χ1) is 5.24. The Labute approximate surface area is 65.8 Å². The second-order valence-electron chi connectivity index (χ2n) is 1.74. The zero-order valence-corrected chi connectivity index (χ0v) is 6.21. The standard InChI is InChI=1S/C6H4N2O2S/c7-4-5-1-2-8-6(3-5)11(9)10/h1-3H,(H,9,10). The molecule has 56 valence electrons. The molecule has 1 aromatic rings. The summed E-state index contributed by atoms with van der Waals surface area (Å²) in [6.45, 7) is 0. The number of hydrogen-bond donors (Lipinski definition) is 1. The number of rotatable bonds is 1. The minimum Gasteiger partial charge on any atom is -0.301 e. The molecule has 0 radical (unpaired) electrons. The Kier molecular flexibility index (Phi) is 2.31. The summed E-state index contributed by atoms with van der Waals surface area (Å²) >= 11 is -2.10. The third kappa shape index (κ3) is 1.83. The van der Waals surface area contributed by atoms with Crippen molar-refractivity contribution in [3.63, 3.8) is 0 Å². The van der Waals surface area contributed by atoms with Crippen molar-refractivity contribution in [2.24, 2.45) is 0 Å². The molecule has 11 heavy (non-hydrogen) atoms. The van der Waals surface area contributed by atoms with Gasteiger partial charge in [-0.15, -0.1) is 0 Å². The van der Waals surface area contributed by atoms with Crippen LogP contribution in [0.2, 0.25) is 0 Å². The van der Waals surface area contributed by atoms with E-state index in [0.717, 1.165) is 0 Å². The Balaban J connectivity index is 3.13. The van der Waals surface area contributed by atoms with Crippen LogP contribution in [-0.4, -0.2) is 13.7 Å². The quantitative estimate of drug-likeness (QED) is 0.621. The molecule has 5 heteroatoms. The number of hydrogen-bond acceptors (Lipinski definition) is 3. The van der Waals surface area contributed by atoms with Crippen molar-refractivity contribution < 1.29 is 8.76 Å². The summed E-state index contributed by atoms with van der Waals surface area (Å²) in [4.78, 5) is 3.59. The van der Waals surface area contributed by atoms with Crippen molar-refractivity contribution in [1.82, 2.24) is 4.98 Å². The van der Waals surface area contributed by atoms with E-state index in [-0.39, 0.29) is 5.03 Å².